The number of rotatable bonds is 5. The van der Waals surface area contributed by atoms with Gasteiger partial charge in [-0.3, -0.25) is 20.2 Å². The van der Waals surface area contributed by atoms with Gasteiger partial charge in [-0.05, 0) is 12.5 Å². The molecule has 0 atom stereocenters. The van der Waals surface area contributed by atoms with E-state index in [9.17, 15) is 20.2 Å². The number of aryl methyl sites for hydroxylation is 1. The van der Waals surface area contributed by atoms with E-state index in [2.05, 4.69) is 5.32 Å². The molecule has 0 aliphatic carbocycles. The average molecular weight is 260 g/mol. The van der Waals surface area contributed by atoms with Crippen LogP contribution in [0.4, 0.5) is 17.1 Å². The van der Waals surface area contributed by atoms with Crippen molar-refractivity contribution in [1.29, 1.82) is 0 Å². The van der Waals surface area contributed by atoms with Crippen LogP contribution >= 0.6 is 11.6 Å². The number of hydrogen-bond acceptors (Lipinski definition) is 5. The molecule has 0 aliphatic heterocycles. The number of nitrogens with zero attached hydrogens (tertiary/aromatic N) is 2. The van der Waals surface area contributed by atoms with Crippen molar-refractivity contribution in [3.8, 4) is 0 Å². The van der Waals surface area contributed by atoms with E-state index in [1.165, 1.54) is 12.1 Å². The molecule has 0 heterocycles. The summed E-state index contributed by atoms with van der Waals surface area (Å²) in [5.74, 6) is 0.197. The number of nitrogens with one attached hydrogen (secondary N) is 1. The standard InChI is InChI=1S/C9H10ClN3O4/c1-6-4-7(12(14)15)9(11-3-2-10)8(5-6)13(16)17/h4-5,11H,2-3H2,1H3. The van der Waals surface area contributed by atoms with Crippen molar-refractivity contribution < 1.29 is 9.85 Å². The van der Waals surface area contributed by atoms with Crippen LogP contribution in [0.3, 0.4) is 0 Å². The van der Waals surface area contributed by atoms with E-state index in [1.54, 1.807) is 6.92 Å². The number of hydrogen-bond donors (Lipinski definition) is 1. The zero-order chi connectivity index (χ0) is 13.0. The highest BCUT2D eigenvalue weighted by molar-refractivity contribution is 6.18. The lowest BCUT2D eigenvalue weighted by Crippen LogP contribution is -2.08. The molecule has 0 aromatic heterocycles. The van der Waals surface area contributed by atoms with Crippen molar-refractivity contribution >= 4 is 28.7 Å². The molecular formula is C9H10ClN3O4. The molecule has 0 unspecified atom stereocenters. The molecule has 0 saturated carbocycles. The topological polar surface area (TPSA) is 98.3 Å². The van der Waals surface area contributed by atoms with E-state index >= 15 is 0 Å². The van der Waals surface area contributed by atoms with Crippen LogP contribution in [0.15, 0.2) is 12.1 Å². The third-order valence-electron chi connectivity index (χ3n) is 2.03. The molecular weight excluding hydrogens is 250 g/mol. The van der Waals surface area contributed by atoms with Crippen LogP contribution in [-0.4, -0.2) is 22.3 Å². The third kappa shape index (κ3) is 3.04. The lowest BCUT2D eigenvalue weighted by molar-refractivity contribution is -0.392. The minimum atomic E-state index is -0.656. The zero-order valence-electron chi connectivity index (χ0n) is 8.97. The number of anilines is 1. The molecule has 1 aromatic carbocycles. The summed E-state index contributed by atoms with van der Waals surface area (Å²) in [6, 6.07) is 2.56. The number of benzene rings is 1. The summed E-state index contributed by atoms with van der Waals surface area (Å²) in [5, 5.41) is 24.2. The van der Waals surface area contributed by atoms with Gasteiger partial charge < -0.3 is 5.32 Å². The number of halogens is 1. The van der Waals surface area contributed by atoms with Crippen LogP contribution in [-0.2, 0) is 0 Å². The fraction of sp³-hybridized carbons (Fsp3) is 0.333. The van der Waals surface area contributed by atoms with Crippen LogP contribution in [0.1, 0.15) is 5.56 Å². The molecule has 92 valence electrons. The Balaban J connectivity index is 3.36. The van der Waals surface area contributed by atoms with Gasteiger partial charge in [0.1, 0.15) is 0 Å². The van der Waals surface area contributed by atoms with Gasteiger partial charge in [-0.25, -0.2) is 0 Å². The smallest absolute Gasteiger partial charge is 0.299 e. The molecule has 1 rings (SSSR count). The van der Waals surface area contributed by atoms with Crippen LogP contribution in [0, 0.1) is 27.2 Å². The normalized spacial score (nSPS) is 10.0. The van der Waals surface area contributed by atoms with E-state index in [4.69, 9.17) is 11.6 Å². The maximum absolute atomic E-state index is 10.8. The SMILES string of the molecule is Cc1cc([N+](=O)[O-])c(NCCCl)c([N+](=O)[O-])c1. The predicted octanol–water partition coefficient (Wildman–Crippen LogP) is 2.46. The highest BCUT2D eigenvalue weighted by atomic mass is 35.5. The zero-order valence-corrected chi connectivity index (χ0v) is 9.73. The Hall–Kier alpha value is -1.89. The average Bonchev–Trinajstić information content (AvgIpc) is 2.26. The summed E-state index contributed by atoms with van der Waals surface area (Å²) in [6.07, 6.45) is 0. The van der Waals surface area contributed by atoms with Crippen molar-refractivity contribution in [2.75, 3.05) is 17.7 Å². The third-order valence-corrected chi connectivity index (χ3v) is 2.22. The van der Waals surface area contributed by atoms with Gasteiger partial charge >= 0.3 is 0 Å². The van der Waals surface area contributed by atoms with Gasteiger partial charge in [-0.1, -0.05) is 0 Å². The second kappa shape index (κ2) is 5.44. The Morgan fingerprint density at radius 3 is 2.06 bits per heavy atom. The van der Waals surface area contributed by atoms with E-state index in [1.807, 2.05) is 0 Å². The summed E-state index contributed by atoms with van der Waals surface area (Å²) in [7, 11) is 0. The number of nitro groups is 2. The van der Waals surface area contributed by atoms with Gasteiger partial charge in [0.15, 0.2) is 5.69 Å². The van der Waals surface area contributed by atoms with Crippen molar-refractivity contribution in [2.45, 2.75) is 6.92 Å². The first kappa shape index (κ1) is 13.2. The minimum absolute atomic E-state index is 0.105. The van der Waals surface area contributed by atoms with Crippen LogP contribution < -0.4 is 5.32 Å². The number of nitro benzene ring substituents is 2. The van der Waals surface area contributed by atoms with Crippen molar-refractivity contribution in [1.82, 2.24) is 0 Å². The highest BCUT2D eigenvalue weighted by Crippen LogP contribution is 2.35. The number of alkyl halides is 1. The summed E-state index contributed by atoms with van der Waals surface area (Å²) >= 11 is 5.44. The van der Waals surface area contributed by atoms with Gasteiger partial charge in [0.2, 0.25) is 0 Å². The summed E-state index contributed by atoms with van der Waals surface area (Å²) < 4.78 is 0. The minimum Gasteiger partial charge on any atom is -0.373 e. The molecule has 0 aliphatic rings. The van der Waals surface area contributed by atoms with Gasteiger partial charge in [-0.15, -0.1) is 11.6 Å². The fourth-order valence-electron chi connectivity index (χ4n) is 1.39. The molecule has 0 saturated heterocycles. The molecule has 1 aromatic rings. The van der Waals surface area contributed by atoms with Crippen LogP contribution in [0.25, 0.3) is 0 Å². The molecule has 0 amide bonds. The maximum Gasteiger partial charge on any atom is 0.299 e. The molecule has 0 fully saturated rings. The maximum atomic E-state index is 10.8. The Labute approximate surface area is 102 Å². The van der Waals surface area contributed by atoms with Gasteiger partial charge in [-0.2, -0.15) is 0 Å². The van der Waals surface area contributed by atoms with Crippen molar-refractivity contribution in [2.24, 2.45) is 0 Å². The quantitative estimate of drug-likeness (QED) is 0.497. The molecule has 0 bridgehead atoms. The van der Waals surface area contributed by atoms with Gasteiger partial charge in [0.05, 0.1) is 9.85 Å². The van der Waals surface area contributed by atoms with E-state index in [-0.39, 0.29) is 29.5 Å². The molecule has 0 radical (unpaired) electrons. The molecule has 7 nitrogen and oxygen atoms in total. The Kier molecular flexibility index (Phi) is 4.22. The van der Waals surface area contributed by atoms with Gasteiger partial charge in [0.25, 0.3) is 11.4 Å². The lowest BCUT2D eigenvalue weighted by atomic mass is 10.1. The van der Waals surface area contributed by atoms with Crippen molar-refractivity contribution in [3.63, 3.8) is 0 Å². The second-order valence-corrected chi connectivity index (χ2v) is 3.69. The molecule has 17 heavy (non-hydrogen) atoms. The molecule has 1 N–H and O–H groups in total. The monoisotopic (exact) mass is 259 g/mol. The Bertz CT molecular complexity index is 429. The first-order valence-corrected chi connectivity index (χ1v) is 5.24. The first-order chi connectivity index (χ1) is 7.97. The Morgan fingerprint density at radius 2 is 1.71 bits per heavy atom. The lowest BCUT2D eigenvalue weighted by Gasteiger charge is -2.06. The summed E-state index contributed by atoms with van der Waals surface area (Å²) in [5.41, 5.74) is -0.283. The highest BCUT2D eigenvalue weighted by Gasteiger charge is 2.25. The summed E-state index contributed by atoms with van der Waals surface area (Å²) in [4.78, 5) is 20.3. The van der Waals surface area contributed by atoms with Crippen LogP contribution in [0.5, 0.6) is 0 Å². The largest absolute Gasteiger partial charge is 0.373 e. The van der Waals surface area contributed by atoms with E-state index in [0.717, 1.165) is 0 Å². The second-order valence-electron chi connectivity index (χ2n) is 3.31. The van der Waals surface area contributed by atoms with Crippen LogP contribution in [0.2, 0.25) is 0 Å². The Morgan fingerprint density at radius 1 is 1.24 bits per heavy atom. The molecule has 8 heteroatoms. The van der Waals surface area contributed by atoms with E-state index < -0.39 is 9.85 Å². The van der Waals surface area contributed by atoms with E-state index in [0.29, 0.717) is 5.56 Å². The fourth-order valence-corrected chi connectivity index (χ4v) is 1.48. The first-order valence-electron chi connectivity index (χ1n) is 4.70. The predicted molar refractivity (Wildman–Crippen MR) is 63.7 cm³/mol. The molecule has 0 spiro atoms. The van der Waals surface area contributed by atoms with Crippen molar-refractivity contribution in [3.05, 3.63) is 37.9 Å². The summed E-state index contributed by atoms with van der Waals surface area (Å²) in [6.45, 7) is 1.78. The van der Waals surface area contributed by atoms with Gasteiger partial charge in [0, 0.05) is 24.6 Å².